The molecule has 0 aliphatic carbocycles. The number of carbonyl (C=O) groups excluding carboxylic acids is 2. The number of likely N-dealkylation sites (N-methyl/N-ethyl adjacent to an activating group) is 1. The van der Waals surface area contributed by atoms with Crippen LogP contribution >= 0.6 is 11.8 Å². The topological polar surface area (TPSA) is 138 Å². The largest absolute Gasteiger partial charge is 0.480 e. The van der Waals surface area contributed by atoms with Crippen molar-refractivity contribution in [2.75, 3.05) is 25.7 Å². The van der Waals surface area contributed by atoms with E-state index in [1.54, 1.807) is 12.1 Å². The minimum absolute atomic E-state index is 0.0967. The Hall–Kier alpha value is -2.23. The standard InChI is InChI=1S/C18H24N2O6S/c1-11(21)12-4-6-13(7-5-12)18(8-9-27-3,20(2)10-19)15(22)14(16(23)24)17(25)26/h4-7,14H,8-10,19H2,1-3H3,(H,23,24)(H,25,26). The van der Waals surface area contributed by atoms with Crippen LogP contribution in [0.3, 0.4) is 0 Å². The van der Waals surface area contributed by atoms with Gasteiger partial charge in [0.2, 0.25) is 5.92 Å². The van der Waals surface area contributed by atoms with Gasteiger partial charge in [-0.15, -0.1) is 0 Å². The van der Waals surface area contributed by atoms with Crippen molar-refractivity contribution in [1.82, 2.24) is 4.90 Å². The molecule has 0 aliphatic rings. The molecular weight excluding hydrogens is 372 g/mol. The molecule has 0 spiro atoms. The van der Waals surface area contributed by atoms with Crippen LogP contribution in [-0.4, -0.2) is 64.3 Å². The lowest BCUT2D eigenvalue weighted by atomic mass is 9.76. The van der Waals surface area contributed by atoms with Crippen LogP contribution in [0.2, 0.25) is 0 Å². The van der Waals surface area contributed by atoms with Crippen LogP contribution < -0.4 is 5.73 Å². The van der Waals surface area contributed by atoms with Crippen LogP contribution in [0, 0.1) is 5.92 Å². The highest BCUT2D eigenvalue weighted by molar-refractivity contribution is 7.98. The molecule has 0 saturated carbocycles. The van der Waals surface area contributed by atoms with Crippen LogP contribution in [0.25, 0.3) is 0 Å². The Kier molecular flexibility index (Phi) is 8.14. The van der Waals surface area contributed by atoms with Gasteiger partial charge >= 0.3 is 11.9 Å². The lowest BCUT2D eigenvalue weighted by Crippen LogP contribution is -2.56. The van der Waals surface area contributed by atoms with Crippen molar-refractivity contribution in [3.8, 4) is 0 Å². The van der Waals surface area contributed by atoms with Crippen LogP contribution in [0.15, 0.2) is 24.3 Å². The van der Waals surface area contributed by atoms with Crippen molar-refractivity contribution >= 4 is 35.3 Å². The number of thioether (sulfide) groups is 1. The average molecular weight is 396 g/mol. The zero-order valence-corrected chi connectivity index (χ0v) is 16.3. The number of rotatable bonds is 11. The smallest absolute Gasteiger partial charge is 0.325 e. The van der Waals surface area contributed by atoms with E-state index in [0.29, 0.717) is 16.9 Å². The molecule has 1 rings (SSSR count). The number of hydrogen-bond donors (Lipinski definition) is 3. The zero-order valence-electron chi connectivity index (χ0n) is 15.5. The minimum atomic E-state index is -2.23. The van der Waals surface area contributed by atoms with E-state index in [4.69, 9.17) is 5.73 Å². The van der Waals surface area contributed by atoms with E-state index in [-0.39, 0.29) is 18.9 Å². The molecule has 0 saturated heterocycles. The van der Waals surface area contributed by atoms with Gasteiger partial charge in [-0.2, -0.15) is 11.8 Å². The molecule has 0 heterocycles. The summed E-state index contributed by atoms with van der Waals surface area (Å²) in [6.45, 7) is 1.30. The summed E-state index contributed by atoms with van der Waals surface area (Å²) < 4.78 is 0. The van der Waals surface area contributed by atoms with Gasteiger partial charge in [0, 0.05) is 12.2 Å². The number of carboxylic acid groups (broad SMARTS) is 2. The van der Waals surface area contributed by atoms with E-state index < -0.39 is 29.2 Å². The number of carboxylic acids is 2. The first-order valence-corrected chi connectivity index (χ1v) is 9.54. The fraction of sp³-hybridized carbons (Fsp3) is 0.444. The van der Waals surface area contributed by atoms with Crippen molar-refractivity contribution in [3.05, 3.63) is 35.4 Å². The second-order valence-corrected chi connectivity index (χ2v) is 7.08. The van der Waals surface area contributed by atoms with Gasteiger partial charge in [0.05, 0.1) is 0 Å². The Morgan fingerprint density at radius 1 is 1.15 bits per heavy atom. The predicted octanol–water partition coefficient (Wildman–Crippen LogP) is 1.04. The quantitative estimate of drug-likeness (QED) is 0.284. The highest BCUT2D eigenvalue weighted by Crippen LogP contribution is 2.36. The van der Waals surface area contributed by atoms with Crippen LogP contribution in [0.4, 0.5) is 0 Å². The Morgan fingerprint density at radius 2 is 1.67 bits per heavy atom. The molecule has 1 atom stereocenters. The first-order chi connectivity index (χ1) is 12.6. The summed E-state index contributed by atoms with van der Waals surface area (Å²) in [5.74, 6) is -6.35. The average Bonchev–Trinajstić information content (AvgIpc) is 2.61. The normalized spacial score (nSPS) is 13.4. The van der Waals surface area contributed by atoms with Crippen molar-refractivity contribution in [3.63, 3.8) is 0 Å². The van der Waals surface area contributed by atoms with Crippen LogP contribution in [0.5, 0.6) is 0 Å². The number of carbonyl (C=O) groups is 4. The summed E-state index contributed by atoms with van der Waals surface area (Å²) in [6, 6.07) is 6.14. The Morgan fingerprint density at radius 3 is 2.04 bits per heavy atom. The molecule has 8 nitrogen and oxygen atoms in total. The van der Waals surface area contributed by atoms with Gasteiger partial charge in [-0.3, -0.25) is 24.1 Å². The summed E-state index contributed by atoms with van der Waals surface area (Å²) in [5, 5.41) is 18.6. The summed E-state index contributed by atoms with van der Waals surface area (Å²) in [4.78, 5) is 49.2. The molecule has 0 radical (unpaired) electrons. The Balaban J connectivity index is 3.66. The van der Waals surface area contributed by atoms with Gasteiger partial charge in [-0.1, -0.05) is 24.3 Å². The molecule has 1 unspecified atom stereocenters. The number of aliphatic carboxylic acids is 2. The molecule has 4 N–H and O–H groups in total. The van der Waals surface area contributed by atoms with E-state index in [0.717, 1.165) is 0 Å². The van der Waals surface area contributed by atoms with E-state index in [9.17, 15) is 29.4 Å². The molecule has 0 fully saturated rings. The molecular formula is C18H24N2O6S. The third-order valence-corrected chi connectivity index (χ3v) is 5.14. The minimum Gasteiger partial charge on any atom is -0.480 e. The van der Waals surface area contributed by atoms with E-state index in [1.165, 1.54) is 42.8 Å². The summed E-state index contributed by atoms with van der Waals surface area (Å²) in [7, 11) is 1.54. The second-order valence-electron chi connectivity index (χ2n) is 6.09. The van der Waals surface area contributed by atoms with Crippen LogP contribution in [-0.2, 0) is 19.9 Å². The number of benzene rings is 1. The monoisotopic (exact) mass is 396 g/mol. The summed E-state index contributed by atoms with van der Waals surface area (Å²) in [6.07, 6.45) is 1.99. The molecule has 1 aromatic rings. The van der Waals surface area contributed by atoms with Gasteiger partial charge in [-0.05, 0) is 38.0 Å². The van der Waals surface area contributed by atoms with E-state index in [2.05, 4.69) is 0 Å². The van der Waals surface area contributed by atoms with Gasteiger partial charge in [0.1, 0.15) is 5.54 Å². The van der Waals surface area contributed by atoms with Crippen molar-refractivity contribution < 1.29 is 29.4 Å². The Labute approximate surface area is 161 Å². The van der Waals surface area contributed by atoms with Gasteiger partial charge in [0.25, 0.3) is 0 Å². The fourth-order valence-corrected chi connectivity index (χ4v) is 3.46. The lowest BCUT2D eigenvalue weighted by Gasteiger charge is -2.41. The van der Waals surface area contributed by atoms with Crippen molar-refractivity contribution in [1.29, 1.82) is 0 Å². The number of nitrogens with zero attached hydrogens (tertiary/aromatic N) is 1. The van der Waals surface area contributed by atoms with Gasteiger partial charge < -0.3 is 15.9 Å². The molecule has 0 bridgehead atoms. The maximum atomic E-state index is 13.2. The van der Waals surface area contributed by atoms with Gasteiger partial charge in [-0.25, -0.2) is 0 Å². The van der Waals surface area contributed by atoms with Gasteiger partial charge in [0.15, 0.2) is 11.6 Å². The van der Waals surface area contributed by atoms with E-state index in [1.807, 2.05) is 6.26 Å². The van der Waals surface area contributed by atoms with Crippen molar-refractivity contribution in [2.45, 2.75) is 18.9 Å². The highest BCUT2D eigenvalue weighted by Gasteiger charge is 2.50. The molecule has 0 aliphatic heterocycles. The molecule has 27 heavy (non-hydrogen) atoms. The maximum Gasteiger partial charge on any atom is 0.325 e. The number of nitrogens with two attached hydrogens (primary N) is 1. The zero-order chi connectivity index (χ0) is 20.8. The number of Topliss-reactive ketones (excluding diaryl/α,β-unsaturated/α-hetero) is 2. The molecule has 9 heteroatoms. The summed E-state index contributed by atoms with van der Waals surface area (Å²) in [5.41, 5.74) is 5.03. The lowest BCUT2D eigenvalue weighted by molar-refractivity contribution is -0.161. The summed E-state index contributed by atoms with van der Waals surface area (Å²) >= 11 is 1.44. The third kappa shape index (κ3) is 4.74. The maximum absolute atomic E-state index is 13.2. The Bertz CT molecular complexity index is 707. The van der Waals surface area contributed by atoms with Crippen LogP contribution in [0.1, 0.15) is 29.3 Å². The number of ketones is 2. The predicted molar refractivity (Wildman–Crippen MR) is 102 cm³/mol. The first kappa shape index (κ1) is 22.8. The first-order valence-electron chi connectivity index (χ1n) is 8.15. The molecule has 0 amide bonds. The SMILES string of the molecule is CSCCC(C(=O)C(C(=O)O)C(=O)O)(c1ccc(C(C)=O)cc1)N(C)CN. The van der Waals surface area contributed by atoms with Crippen molar-refractivity contribution in [2.24, 2.45) is 11.7 Å². The molecule has 1 aromatic carbocycles. The fourth-order valence-electron chi connectivity index (χ4n) is 2.96. The van der Waals surface area contributed by atoms with E-state index >= 15 is 0 Å². The molecule has 148 valence electrons. The number of hydrogen-bond acceptors (Lipinski definition) is 7. The second kappa shape index (κ2) is 9.63. The third-order valence-electron chi connectivity index (χ3n) is 4.53. The highest BCUT2D eigenvalue weighted by atomic mass is 32.2. The molecule has 0 aromatic heterocycles.